The van der Waals surface area contributed by atoms with Gasteiger partial charge in [-0.25, -0.2) is 0 Å². The molecule has 0 bridgehead atoms. The van der Waals surface area contributed by atoms with Crippen LogP contribution in [-0.2, 0) is 14.3 Å². The standard InChI is InChI=1S/C21H31NO3S/c1-15-6-5-7-17(12-15)22-19(23)13-26-14-20(24)25-18-10-8-16(9-11-18)21(2,3)4/h5-7,12,16,18H,8-11,13-14H2,1-4H3,(H,22,23). The van der Waals surface area contributed by atoms with Crippen LogP contribution in [0.2, 0.25) is 0 Å². The number of anilines is 1. The highest BCUT2D eigenvalue weighted by Gasteiger charge is 2.31. The highest BCUT2D eigenvalue weighted by molar-refractivity contribution is 8.00. The Hall–Kier alpha value is -1.49. The number of esters is 1. The molecule has 1 aromatic rings. The van der Waals surface area contributed by atoms with Gasteiger partial charge in [-0.05, 0) is 61.6 Å². The Morgan fingerprint density at radius 1 is 1.15 bits per heavy atom. The van der Waals surface area contributed by atoms with Gasteiger partial charge in [-0.1, -0.05) is 32.9 Å². The second kappa shape index (κ2) is 9.45. The minimum absolute atomic E-state index is 0.0443. The number of rotatable bonds is 6. The molecule has 4 nitrogen and oxygen atoms in total. The third-order valence-electron chi connectivity index (χ3n) is 4.95. The fourth-order valence-electron chi connectivity index (χ4n) is 3.41. The maximum atomic E-state index is 12.0. The number of nitrogens with one attached hydrogen (secondary N) is 1. The Morgan fingerprint density at radius 3 is 2.46 bits per heavy atom. The quantitative estimate of drug-likeness (QED) is 0.723. The van der Waals surface area contributed by atoms with Crippen molar-refractivity contribution in [2.45, 2.75) is 59.5 Å². The van der Waals surface area contributed by atoms with Crippen molar-refractivity contribution in [3.63, 3.8) is 0 Å². The Morgan fingerprint density at radius 2 is 1.85 bits per heavy atom. The van der Waals surface area contributed by atoms with Crippen LogP contribution in [0.15, 0.2) is 24.3 Å². The predicted octanol–water partition coefficient (Wildman–Crippen LogP) is 4.81. The van der Waals surface area contributed by atoms with E-state index < -0.39 is 0 Å². The summed E-state index contributed by atoms with van der Waals surface area (Å²) in [5.41, 5.74) is 2.21. The lowest BCUT2D eigenvalue weighted by molar-refractivity contribution is -0.148. The molecule has 2 rings (SSSR count). The number of aryl methyl sites for hydroxylation is 1. The van der Waals surface area contributed by atoms with E-state index in [0.717, 1.165) is 36.9 Å². The molecule has 1 aromatic carbocycles. The molecule has 1 aliphatic rings. The molecule has 1 fully saturated rings. The van der Waals surface area contributed by atoms with E-state index in [9.17, 15) is 9.59 Å². The predicted molar refractivity (Wildman–Crippen MR) is 108 cm³/mol. The highest BCUT2D eigenvalue weighted by atomic mass is 32.2. The second-order valence-corrected chi connectivity index (χ2v) is 9.23. The van der Waals surface area contributed by atoms with Gasteiger partial charge in [0.25, 0.3) is 0 Å². The van der Waals surface area contributed by atoms with Gasteiger partial charge < -0.3 is 10.1 Å². The summed E-state index contributed by atoms with van der Waals surface area (Å²) in [7, 11) is 0. The normalized spacial score (nSPS) is 20.5. The monoisotopic (exact) mass is 377 g/mol. The number of ether oxygens (including phenoxy) is 1. The lowest BCUT2D eigenvalue weighted by Crippen LogP contribution is -2.30. The first-order valence-electron chi connectivity index (χ1n) is 9.38. The minimum atomic E-state index is -0.211. The molecule has 0 aliphatic heterocycles. The third kappa shape index (κ3) is 7.02. The molecule has 0 saturated heterocycles. The first-order valence-corrected chi connectivity index (χ1v) is 10.5. The fraction of sp³-hybridized carbons (Fsp3) is 0.619. The number of carbonyl (C=O) groups is 2. The van der Waals surface area contributed by atoms with Gasteiger partial charge >= 0.3 is 5.97 Å². The zero-order chi connectivity index (χ0) is 19.2. The van der Waals surface area contributed by atoms with Crippen LogP contribution in [0.5, 0.6) is 0 Å². The van der Waals surface area contributed by atoms with Crippen LogP contribution in [0.25, 0.3) is 0 Å². The number of carbonyl (C=O) groups excluding carboxylic acids is 2. The Bertz CT molecular complexity index is 616. The van der Waals surface area contributed by atoms with E-state index in [1.165, 1.54) is 11.8 Å². The number of benzene rings is 1. The zero-order valence-corrected chi connectivity index (χ0v) is 17.2. The van der Waals surface area contributed by atoms with Crippen LogP contribution in [-0.4, -0.2) is 29.5 Å². The van der Waals surface area contributed by atoms with E-state index in [-0.39, 0.29) is 29.5 Å². The molecule has 144 valence electrons. The highest BCUT2D eigenvalue weighted by Crippen LogP contribution is 2.38. The van der Waals surface area contributed by atoms with E-state index >= 15 is 0 Å². The van der Waals surface area contributed by atoms with Gasteiger partial charge in [0.1, 0.15) is 6.10 Å². The lowest BCUT2D eigenvalue weighted by atomic mass is 9.72. The molecule has 1 saturated carbocycles. The number of thioether (sulfide) groups is 1. The summed E-state index contributed by atoms with van der Waals surface area (Å²) in [4.78, 5) is 23.9. The second-order valence-electron chi connectivity index (χ2n) is 8.24. The van der Waals surface area contributed by atoms with Crippen LogP contribution in [0, 0.1) is 18.3 Å². The van der Waals surface area contributed by atoms with Crippen LogP contribution in [0.4, 0.5) is 5.69 Å². The topological polar surface area (TPSA) is 55.4 Å². The summed E-state index contributed by atoms with van der Waals surface area (Å²) in [6.45, 7) is 8.82. The number of amides is 1. The van der Waals surface area contributed by atoms with Gasteiger partial charge in [-0.2, -0.15) is 0 Å². The SMILES string of the molecule is Cc1cccc(NC(=O)CSCC(=O)OC2CCC(C(C)(C)C)CC2)c1. The summed E-state index contributed by atoms with van der Waals surface area (Å²) < 4.78 is 5.58. The van der Waals surface area contributed by atoms with Crippen molar-refractivity contribution in [2.24, 2.45) is 11.3 Å². The van der Waals surface area contributed by atoms with Crippen molar-refractivity contribution in [1.29, 1.82) is 0 Å². The lowest BCUT2D eigenvalue weighted by Gasteiger charge is -2.36. The largest absolute Gasteiger partial charge is 0.462 e. The maximum absolute atomic E-state index is 12.0. The van der Waals surface area contributed by atoms with Crippen molar-refractivity contribution < 1.29 is 14.3 Å². The molecule has 0 atom stereocenters. The molecule has 1 amide bonds. The van der Waals surface area contributed by atoms with Crippen LogP contribution in [0.3, 0.4) is 0 Å². The molecule has 0 spiro atoms. The van der Waals surface area contributed by atoms with Gasteiger partial charge in [-0.15, -0.1) is 11.8 Å². The van der Waals surface area contributed by atoms with E-state index in [0.29, 0.717) is 11.3 Å². The summed E-state index contributed by atoms with van der Waals surface area (Å²) >= 11 is 1.30. The number of hydrogen-bond donors (Lipinski definition) is 1. The average molecular weight is 378 g/mol. The smallest absolute Gasteiger partial charge is 0.316 e. The first kappa shape index (κ1) is 20.8. The average Bonchev–Trinajstić information content (AvgIpc) is 2.54. The molecule has 0 unspecified atom stereocenters. The third-order valence-corrected chi connectivity index (χ3v) is 5.86. The molecule has 26 heavy (non-hydrogen) atoms. The van der Waals surface area contributed by atoms with E-state index in [2.05, 4.69) is 26.1 Å². The van der Waals surface area contributed by atoms with Crippen molar-refractivity contribution in [1.82, 2.24) is 0 Å². The molecule has 1 N–H and O–H groups in total. The Balaban J connectivity index is 1.62. The van der Waals surface area contributed by atoms with Gasteiger partial charge in [0, 0.05) is 5.69 Å². The van der Waals surface area contributed by atoms with Crippen LogP contribution >= 0.6 is 11.8 Å². The maximum Gasteiger partial charge on any atom is 0.316 e. The Kier molecular flexibility index (Phi) is 7.56. The summed E-state index contributed by atoms with van der Waals surface area (Å²) in [5, 5.41) is 2.84. The molecule has 0 heterocycles. The van der Waals surface area contributed by atoms with Gasteiger partial charge in [-0.3, -0.25) is 9.59 Å². The van der Waals surface area contributed by atoms with Crippen molar-refractivity contribution in [3.8, 4) is 0 Å². The van der Waals surface area contributed by atoms with Gasteiger partial charge in [0.05, 0.1) is 11.5 Å². The van der Waals surface area contributed by atoms with Crippen LogP contribution < -0.4 is 5.32 Å². The first-order chi connectivity index (χ1) is 12.2. The molecule has 0 aromatic heterocycles. The van der Waals surface area contributed by atoms with Crippen molar-refractivity contribution in [2.75, 3.05) is 16.8 Å². The van der Waals surface area contributed by atoms with Crippen LogP contribution in [0.1, 0.15) is 52.0 Å². The summed E-state index contributed by atoms with van der Waals surface area (Å²) in [6.07, 6.45) is 4.18. The molecule has 0 radical (unpaired) electrons. The van der Waals surface area contributed by atoms with Crippen molar-refractivity contribution >= 4 is 29.3 Å². The van der Waals surface area contributed by atoms with E-state index in [1.54, 1.807) is 0 Å². The fourth-order valence-corrected chi connectivity index (χ4v) is 4.01. The van der Waals surface area contributed by atoms with E-state index in [4.69, 9.17) is 4.74 Å². The van der Waals surface area contributed by atoms with Crippen molar-refractivity contribution in [3.05, 3.63) is 29.8 Å². The molecule has 5 heteroatoms. The summed E-state index contributed by atoms with van der Waals surface area (Å²) in [5.74, 6) is 0.869. The van der Waals surface area contributed by atoms with Gasteiger partial charge in [0.2, 0.25) is 5.91 Å². The minimum Gasteiger partial charge on any atom is -0.462 e. The zero-order valence-electron chi connectivity index (χ0n) is 16.3. The van der Waals surface area contributed by atoms with E-state index in [1.807, 2.05) is 31.2 Å². The van der Waals surface area contributed by atoms with Gasteiger partial charge in [0.15, 0.2) is 0 Å². The Labute approximate surface area is 161 Å². The molecular weight excluding hydrogens is 346 g/mol. The number of hydrogen-bond acceptors (Lipinski definition) is 4. The summed E-state index contributed by atoms with van der Waals surface area (Å²) in [6, 6.07) is 7.67. The molecular formula is C21H31NO3S. The molecule has 1 aliphatic carbocycles.